The highest BCUT2D eigenvalue weighted by Gasteiger charge is 2.09. The van der Waals surface area contributed by atoms with Crippen molar-refractivity contribution in [3.8, 4) is 0 Å². The fraction of sp³-hybridized carbons (Fsp3) is 0.947. The maximum atomic E-state index is 11.7. The Morgan fingerprint density at radius 3 is 1.50 bits per heavy atom. The topological polar surface area (TPSA) is 17.1 Å². The first-order valence-corrected chi connectivity index (χ1v) is 9.25. The predicted octanol–water partition coefficient (Wildman–Crippen LogP) is 6.69. The van der Waals surface area contributed by atoms with Crippen LogP contribution in [0.2, 0.25) is 0 Å². The number of carbonyl (C=O) groups is 1. The Morgan fingerprint density at radius 2 is 1.10 bits per heavy atom. The van der Waals surface area contributed by atoms with Gasteiger partial charge < -0.3 is 0 Å². The summed E-state index contributed by atoms with van der Waals surface area (Å²) in [4.78, 5) is 11.7. The zero-order valence-electron chi connectivity index (χ0n) is 14.4. The summed E-state index contributed by atoms with van der Waals surface area (Å²) in [5.41, 5.74) is 0. The van der Waals surface area contributed by atoms with Gasteiger partial charge in [-0.1, -0.05) is 91.4 Å². The molecule has 0 heterocycles. The summed E-state index contributed by atoms with van der Waals surface area (Å²) < 4.78 is 0. The average molecular weight is 283 g/mol. The highest BCUT2D eigenvalue weighted by molar-refractivity contribution is 5.80. The molecule has 0 aromatic heterocycles. The van der Waals surface area contributed by atoms with Crippen LogP contribution in [0.4, 0.5) is 0 Å². The van der Waals surface area contributed by atoms with Crippen LogP contribution in [0.1, 0.15) is 111 Å². The van der Waals surface area contributed by atoms with Crippen molar-refractivity contribution in [2.45, 2.75) is 111 Å². The number of carbonyl (C=O) groups excluding carboxylic acids is 1. The molecule has 0 aliphatic rings. The lowest BCUT2D eigenvalue weighted by Gasteiger charge is -2.06. The van der Waals surface area contributed by atoms with Gasteiger partial charge in [-0.2, -0.15) is 0 Å². The molecule has 0 radical (unpaired) electrons. The van der Waals surface area contributed by atoms with Crippen molar-refractivity contribution in [1.29, 1.82) is 0 Å². The molecule has 120 valence electrons. The zero-order chi connectivity index (χ0) is 15.1. The molecule has 0 amide bonds. The Bertz CT molecular complexity index is 210. The standard InChI is InChI=1S/C19H38O/c1-4-6-7-8-9-10-11-12-13-14-15-16-17-19(20)18(3)5-2/h18H,4-17H2,1-3H3. The number of Topliss-reactive ketones (excluding diaryl/α,β-unsaturated/α-hetero) is 1. The molecule has 0 saturated carbocycles. The second-order valence-electron chi connectivity index (χ2n) is 6.41. The molecule has 0 N–H and O–H groups in total. The third-order valence-electron chi connectivity index (χ3n) is 4.44. The van der Waals surface area contributed by atoms with Gasteiger partial charge in [-0.3, -0.25) is 4.79 Å². The fourth-order valence-corrected chi connectivity index (χ4v) is 2.61. The van der Waals surface area contributed by atoms with Crippen molar-refractivity contribution in [2.24, 2.45) is 5.92 Å². The van der Waals surface area contributed by atoms with E-state index in [1.54, 1.807) is 0 Å². The lowest BCUT2D eigenvalue weighted by atomic mass is 9.98. The first-order chi connectivity index (χ1) is 9.72. The summed E-state index contributed by atoms with van der Waals surface area (Å²) >= 11 is 0. The van der Waals surface area contributed by atoms with Crippen molar-refractivity contribution in [3.63, 3.8) is 0 Å². The van der Waals surface area contributed by atoms with E-state index in [0.717, 1.165) is 19.3 Å². The summed E-state index contributed by atoms with van der Waals surface area (Å²) in [6, 6.07) is 0. The number of hydrogen-bond acceptors (Lipinski definition) is 1. The lowest BCUT2D eigenvalue weighted by molar-refractivity contribution is -0.122. The van der Waals surface area contributed by atoms with E-state index in [9.17, 15) is 4.79 Å². The van der Waals surface area contributed by atoms with Gasteiger partial charge in [0.15, 0.2) is 0 Å². The van der Waals surface area contributed by atoms with E-state index in [1.165, 1.54) is 70.6 Å². The first-order valence-electron chi connectivity index (χ1n) is 9.25. The first kappa shape index (κ1) is 19.7. The summed E-state index contributed by atoms with van der Waals surface area (Å²) in [5, 5.41) is 0. The van der Waals surface area contributed by atoms with E-state index in [4.69, 9.17) is 0 Å². The molecular formula is C19H38O. The van der Waals surface area contributed by atoms with E-state index >= 15 is 0 Å². The van der Waals surface area contributed by atoms with E-state index in [1.807, 2.05) is 0 Å². The molecule has 20 heavy (non-hydrogen) atoms. The van der Waals surface area contributed by atoms with E-state index in [2.05, 4.69) is 20.8 Å². The Morgan fingerprint density at radius 1 is 0.700 bits per heavy atom. The van der Waals surface area contributed by atoms with E-state index in [0.29, 0.717) is 5.78 Å². The average Bonchev–Trinajstić information content (AvgIpc) is 2.47. The van der Waals surface area contributed by atoms with Crippen LogP contribution in [0.3, 0.4) is 0 Å². The van der Waals surface area contributed by atoms with Crippen molar-refractivity contribution < 1.29 is 4.79 Å². The Kier molecular flexibility index (Phi) is 14.8. The highest BCUT2D eigenvalue weighted by Crippen LogP contribution is 2.14. The van der Waals surface area contributed by atoms with Crippen LogP contribution in [-0.2, 0) is 4.79 Å². The summed E-state index contributed by atoms with van der Waals surface area (Å²) in [6.07, 6.45) is 18.2. The van der Waals surface area contributed by atoms with Crippen LogP contribution >= 0.6 is 0 Å². The molecule has 0 aromatic rings. The van der Waals surface area contributed by atoms with Gasteiger partial charge in [-0.15, -0.1) is 0 Å². The number of ketones is 1. The van der Waals surface area contributed by atoms with Crippen molar-refractivity contribution in [3.05, 3.63) is 0 Å². The van der Waals surface area contributed by atoms with Gasteiger partial charge in [0.2, 0.25) is 0 Å². The number of hydrogen-bond donors (Lipinski definition) is 0. The van der Waals surface area contributed by atoms with Gasteiger partial charge in [0, 0.05) is 12.3 Å². The third kappa shape index (κ3) is 12.7. The normalized spacial score (nSPS) is 12.6. The molecule has 1 nitrogen and oxygen atoms in total. The van der Waals surface area contributed by atoms with Crippen LogP contribution in [0.25, 0.3) is 0 Å². The summed E-state index contributed by atoms with van der Waals surface area (Å²) in [5.74, 6) is 0.752. The molecule has 0 bridgehead atoms. The smallest absolute Gasteiger partial charge is 0.135 e. The maximum Gasteiger partial charge on any atom is 0.135 e. The molecule has 1 heteroatoms. The SMILES string of the molecule is CCCCCCCCCCCCCCC(=O)C(C)CC. The van der Waals surface area contributed by atoms with Gasteiger partial charge >= 0.3 is 0 Å². The zero-order valence-corrected chi connectivity index (χ0v) is 14.4. The largest absolute Gasteiger partial charge is 0.299 e. The lowest BCUT2D eigenvalue weighted by Crippen LogP contribution is -2.09. The van der Waals surface area contributed by atoms with Gasteiger partial charge in [0.05, 0.1) is 0 Å². The maximum absolute atomic E-state index is 11.7. The number of unbranched alkanes of at least 4 members (excludes halogenated alkanes) is 11. The minimum atomic E-state index is 0.280. The number of rotatable bonds is 15. The molecule has 0 aliphatic carbocycles. The van der Waals surface area contributed by atoms with Crippen molar-refractivity contribution in [2.75, 3.05) is 0 Å². The molecule has 0 rings (SSSR count). The Hall–Kier alpha value is -0.330. The van der Waals surface area contributed by atoms with E-state index in [-0.39, 0.29) is 5.92 Å². The molecule has 0 aromatic carbocycles. The highest BCUT2D eigenvalue weighted by atomic mass is 16.1. The van der Waals surface area contributed by atoms with E-state index < -0.39 is 0 Å². The molecule has 1 unspecified atom stereocenters. The van der Waals surface area contributed by atoms with Crippen LogP contribution in [-0.4, -0.2) is 5.78 Å². The summed E-state index contributed by atoms with van der Waals surface area (Å²) in [6.45, 7) is 6.43. The summed E-state index contributed by atoms with van der Waals surface area (Å²) in [7, 11) is 0. The van der Waals surface area contributed by atoms with Crippen LogP contribution in [0, 0.1) is 5.92 Å². The minimum absolute atomic E-state index is 0.280. The second-order valence-corrected chi connectivity index (χ2v) is 6.41. The van der Waals surface area contributed by atoms with Gasteiger partial charge in [0.1, 0.15) is 5.78 Å². The quantitative estimate of drug-likeness (QED) is 0.306. The van der Waals surface area contributed by atoms with Gasteiger partial charge in [0.25, 0.3) is 0 Å². The molecule has 1 atom stereocenters. The van der Waals surface area contributed by atoms with Gasteiger partial charge in [-0.05, 0) is 12.8 Å². The van der Waals surface area contributed by atoms with Crippen molar-refractivity contribution >= 4 is 5.78 Å². The third-order valence-corrected chi connectivity index (χ3v) is 4.44. The monoisotopic (exact) mass is 282 g/mol. The second kappa shape index (κ2) is 15.1. The van der Waals surface area contributed by atoms with Gasteiger partial charge in [-0.25, -0.2) is 0 Å². The van der Waals surface area contributed by atoms with Crippen molar-refractivity contribution in [1.82, 2.24) is 0 Å². The molecule has 0 aliphatic heterocycles. The Balaban J connectivity index is 3.11. The molecule has 0 spiro atoms. The predicted molar refractivity (Wildman–Crippen MR) is 90.2 cm³/mol. The Labute approximate surface area is 127 Å². The van der Waals surface area contributed by atoms with Crippen LogP contribution in [0.5, 0.6) is 0 Å². The van der Waals surface area contributed by atoms with Crippen LogP contribution < -0.4 is 0 Å². The molecule has 0 fully saturated rings. The minimum Gasteiger partial charge on any atom is -0.299 e. The van der Waals surface area contributed by atoms with Crippen LogP contribution in [0.15, 0.2) is 0 Å². The fourth-order valence-electron chi connectivity index (χ4n) is 2.61. The molecular weight excluding hydrogens is 244 g/mol. The molecule has 0 saturated heterocycles.